The van der Waals surface area contributed by atoms with Gasteiger partial charge in [-0.25, -0.2) is 0 Å². The Morgan fingerprint density at radius 2 is 2.19 bits per heavy atom. The van der Waals surface area contributed by atoms with Gasteiger partial charge >= 0.3 is 0 Å². The van der Waals surface area contributed by atoms with Crippen LogP contribution in [0.2, 0.25) is 0 Å². The van der Waals surface area contributed by atoms with Crippen molar-refractivity contribution in [2.75, 3.05) is 18.0 Å². The first kappa shape index (κ1) is 15.3. The zero-order valence-corrected chi connectivity index (χ0v) is 12.2. The molecule has 2 rings (SSSR count). The summed E-state index contributed by atoms with van der Waals surface area (Å²) in [5.41, 5.74) is 0.684. The van der Waals surface area contributed by atoms with Crippen molar-refractivity contribution in [2.24, 2.45) is 0 Å². The highest BCUT2D eigenvalue weighted by Gasteiger charge is 2.31. The van der Waals surface area contributed by atoms with E-state index in [1.165, 1.54) is 0 Å². The average molecular weight is 292 g/mol. The maximum absolute atomic E-state index is 12.2. The summed E-state index contributed by atoms with van der Waals surface area (Å²) >= 11 is 0. The fourth-order valence-electron chi connectivity index (χ4n) is 2.15. The summed E-state index contributed by atoms with van der Waals surface area (Å²) in [4.78, 5) is 25.5. The van der Waals surface area contributed by atoms with Gasteiger partial charge in [0, 0.05) is 19.5 Å². The van der Waals surface area contributed by atoms with E-state index >= 15 is 0 Å². The molecule has 6 heteroatoms. The third-order valence-corrected chi connectivity index (χ3v) is 3.23. The van der Waals surface area contributed by atoms with Crippen molar-refractivity contribution in [3.8, 4) is 5.75 Å². The van der Waals surface area contributed by atoms with Gasteiger partial charge in [0.1, 0.15) is 5.75 Å². The molecule has 0 bridgehead atoms. The Labute approximate surface area is 123 Å². The third kappa shape index (κ3) is 3.72. The van der Waals surface area contributed by atoms with Crippen LogP contribution < -0.4 is 15.0 Å². The van der Waals surface area contributed by atoms with Crippen molar-refractivity contribution in [2.45, 2.75) is 32.5 Å². The first-order chi connectivity index (χ1) is 9.99. The van der Waals surface area contributed by atoms with Crippen LogP contribution in [0.1, 0.15) is 20.3 Å². The lowest BCUT2D eigenvalue weighted by atomic mass is 10.1. The molecular weight excluding hydrogens is 272 g/mol. The molecule has 1 aliphatic rings. The highest BCUT2D eigenvalue weighted by atomic mass is 16.5. The molecule has 1 aromatic rings. The number of hydrogen-bond donors (Lipinski definition) is 2. The Kier molecular flexibility index (Phi) is 4.80. The first-order valence-corrected chi connectivity index (χ1v) is 7.01. The van der Waals surface area contributed by atoms with Gasteiger partial charge in [-0.05, 0) is 26.0 Å². The van der Waals surface area contributed by atoms with Crippen molar-refractivity contribution in [3.05, 3.63) is 24.3 Å². The van der Waals surface area contributed by atoms with Gasteiger partial charge in [-0.1, -0.05) is 12.1 Å². The lowest BCUT2D eigenvalue weighted by Crippen LogP contribution is -2.46. The SMILES string of the molecule is CC(O)CNC(=O)CCN1C(=O)C(C)Oc2ccccc21. The molecule has 114 valence electrons. The minimum absolute atomic E-state index is 0.156. The van der Waals surface area contributed by atoms with Crippen LogP contribution in [0.5, 0.6) is 5.75 Å². The number of aliphatic hydroxyl groups excluding tert-OH is 1. The van der Waals surface area contributed by atoms with Crippen LogP contribution in [0.15, 0.2) is 24.3 Å². The summed E-state index contributed by atoms with van der Waals surface area (Å²) in [6, 6.07) is 7.27. The molecule has 1 aromatic carbocycles. The second-order valence-corrected chi connectivity index (χ2v) is 5.12. The molecule has 2 amide bonds. The van der Waals surface area contributed by atoms with Crippen molar-refractivity contribution >= 4 is 17.5 Å². The van der Waals surface area contributed by atoms with Gasteiger partial charge < -0.3 is 20.1 Å². The minimum atomic E-state index is -0.584. The second kappa shape index (κ2) is 6.58. The van der Waals surface area contributed by atoms with Crippen LogP contribution in [0, 0.1) is 0 Å². The number of aliphatic hydroxyl groups is 1. The number of fused-ring (bicyclic) bond motifs is 1. The number of ether oxygens (including phenoxy) is 1. The van der Waals surface area contributed by atoms with Gasteiger partial charge in [-0.3, -0.25) is 9.59 Å². The Hall–Kier alpha value is -2.08. The number of benzene rings is 1. The third-order valence-electron chi connectivity index (χ3n) is 3.23. The molecule has 2 atom stereocenters. The number of amides is 2. The van der Waals surface area contributed by atoms with Gasteiger partial charge in [0.15, 0.2) is 6.10 Å². The second-order valence-electron chi connectivity index (χ2n) is 5.12. The summed E-state index contributed by atoms with van der Waals surface area (Å²) in [5, 5.41) is 11.7. The molecule has 0 aliphatic carbocycles. The van der Waals surface area contributed by atoms with Crippen molar-refractivity contribution in [3.63, 3.8) is 0 Å². The van der Waals surface area contributed by atoms with Crippen LogP contribution in [-0.4, -0.2) is 42.2 Å². The molecule has 0 spiro atoms. The maximum atomic E-state index is 12.2. The lowest BCUT2D eigenvalue weighted by molar-refractivity contribution is -0.125. The molecule has 1 aliphatic heterocycles. The highest BCUT2D eigenvalue weighted by molar-refractivity contribution is 6.00. The zero-order valence-electron chi connectivity index (χ0n) is 12.2. The molecule has 0 saturated heterocycles. The topological polar surface area (TPSA) is 78.9 Å². The number of anilines is 1. The number of carbonyl (C=O) groups is 2. The van der Waals surface area contributed by atoms with Crippen LogP contribution in [0.25, 0.3) is 0 Å². The summed E-state index contributed by atoms with van der Waals surface area (Å²) < 4.78 is 5.54. The van der Waals surface area contributed by atoms with E-state index in [1.54, 1.807) is 30.9 Å². The van der Waals surface area contributed by atoms with Gasteiger partial charge in [-0.2, -0.15) is 0 Å². The molecule has 0 radical (unpaired) electrons. The van der Waals surface area contributed by atoms with Gasteiger partial charge in [-0.15, -0.1) is 0 Å². The average Bonchev–Trinajstić information content (AvgIpc) is 2.45. The van der Waals surface area contributed by atoms with E-state index in [1.807, 2.05) is 12.1 Å². The molecule has 0 aromatic heterocycles. The van der Waals surface area contributed by atoms with E-state index in [4.69, 9.17) is 9.84 Å². The molecule has 6 nitrogen and oxygen atoms in total. The summed E-state index contributed by atoms with van der Waals surface area (Å²) in [5.74, 6) is 0.298. The predicted molar refractivity (Wildman–Crippen MR) is 78.2 cm³/mol. The Morgan fingerprint density at radius 1 is 1.48 bits per heavy atom. The van der Waals surface area contributed by atoms with Crippen LogP contribution in [0.3, 0.4) is 0 Å². The summed E-state index contributed by atoms with van der Waals surface area (Å²) in [6.07, 6.45) is -0.959. The van der Waals surface area contributed by atoms with E-state index in [2.05, 4.69) is 5.32 Å². The Bertz CT molecular complexity index is 530. The van der Waals surface area contributed by atoms with E-state index < -0.39 is 12.2 Å². The quantitative estimate of drug-likeness (QED) is 0.837. The number of nitrogens with zero attached hydrogens (tertiary/aromatic N) is 1. The smallest absolute Gasteiger partial charge is 0.267 e. The monoisotopic (exact) mass is 292 g/mol. The number of hydrogen-bond acceptors (Lipinski definition) is 4. The first-order valence-electron chi connectivity index (χ1n) is 7.01. The number of rotatable bonds is 5. The number of carbonyl (C=O) groups excluding carboxylic acids is 2. The van der Waals surface area contributed by atoms with Crippen molar-refractivity contribution in [1.29, 1.82) is 0 Å². The largest absolute Gasteiger partial charge is 0.479 e. The van der Waals surface area contributed by atoms with Crippen LogP contribution in [0.4, 0.5) is 5.69 Å². The molecule has 2 unspecified atom stereocenters. The highest BCUT2D eigenvalue weighted by Crippen LogP contribution is 2.33. The van der Waals surface area contributed by atoms with Gasteiger partial charge in [0.2, 0.25) is 5.91 Å². The lowest BCUT2D eigenvalue weighted by Gasteiger charge is -2.32. The number of nitrogens with one attached hydrogen (secondary N) is 1. The maximum Gasteiger partial charge on any atom is 0.267 e. The molecule has 2 N–H and O–H groups in total. The van der Waals surface area contributed by atoms with Crippen molar-refractivity contribution in [1.82, 2.24) is 5.32 Å². The van der Waals surface area contributed by atoms with Crippen LogP contribution >= 0.6 is 0 Å². The van der Waals surface area contributed by atoms with Gasteiger partial charge in [0.05, 0.1) is 11.8 Å². The number of para-hydroxylation sites is 2. The molecule has 0 fully saturated rings. The van der Waals surface area contributed by atoms with E-state index in [0.29, 0.717) is 11.4 Å². The summed E-state index contributed by atoms with van der Waals surface area (Å²) in [6.45, 7) is 3.79. The van der Waals surface area contributed by atoms with E-state index in [0.717, 1.165) is 0 Å². The van der Waals surface area contributed by atoms with E-state index in [-0.39, 0.29) is 31.3 Å². The fraction of sp³-hybridized carbons (Fsp3) is 0.467. The molecule has 0 saturated carbocycles. The predicted octanol–water partition coefficient (Wildman–Crippen LogP) is 0.688. The van der Waals surface area contributed by atoms with Crippen LogP contribution in [-0.2, 0) is 9.59 Å². The van der Waals surface area contributed by atoms with E-state index in [9.17, 15) is 9.59 Å². The Balaban J connectivity index is 2.02. The van der Waals surface area contributed by atoms with Crippen molar-refractivity contribution < 1.29 is 19.4 Å². The standard InChI is InChI=1S/C15H20N2O4/c1-10(18)9-16-14(19)7-8-17-12-5-3-4-6-13(12)21-11(2)15(17)20/h3-6,10-11,18H,7-9H2,1-2H3,(H,16,19). The molecular formula is C15H20N2O4. The zero-order chi connectivity index (χ0) is 15.4. The minimum Gasteiger partial charge on any atom is -0.479 e. The fourth-order valence-corrected chi connectivity index (χ4v) is 2.15. The normalized spacial score (nSPS) is 18.7. The summed E-state index contributed by atoms with van der Waals surface area (Å²) in [7, 11) is 0. The Morgan fingerprint density at radius 3 is 2.90 bits per heavy atom. The molecule has 21 heavy (non-hydrogen) atoms. The molecule has 1 heterocycles. The van der Waals surface area contributed by atoms with Gasteiger partial charge in [0.25, 0.3) is 5.91 Å².